The molecule has 0 unspecified atom stereocenters. The Labute approximate surface area is 156 Å². The van der Waals surface area contributed by atoms with Gasteiger partial charge in [0, 0.05) is 51.5 Å². The average molecular weight is 393 g/mol. The summed E-state index contributed by atoms with van der Waals surface area (Å²) in [7, 11) is -1.65. The van der Waals surface area contributed by atoms with Gasteiger partial charge >= 0.3 is 0 Å². The van der Waals surface area contributed by atoms with Crippen molar-refractivity contribution in [3.8, 4) is 0 Å². The topological polar surface area (TPSA) is 84.2 Å². The molecule has 0 atom stereocenters. The summed E-state index contributed by atoms with van der Waals surface area (Å²) in [6, 6.07) is 5.12. The highest BCUT2D eigenvalue weighted by Gasteiger charge is 2.30. The Balaban J connectivity index is 1.49. The van der Waals surface area contributed by atoms with Gasteiger partial charge in [0.15, 0.2) is 0 Å². The van der Waals surface area contributed by atoms with Crippen LogP contribution in [0.3, 0.4) is 0 Å². The minimum Gasteiger partial charge on any atom is -0.296 e. The molecular formula is C16H20N6O2S2. The van der Waals surface area contributed by atoms with E-state index in [1.807, 2.05) is 24.9 Å². The second-order valence-electron chi connectivity index (χ2n) is 6.48. The summed E-state index contributed by atoms with van der Waals surface area (Å²) in [6.45, 7) is 5.11. The molecule has 138 valence electrons. The fraction of sp³-hybridized carbons (Fsp3) is 0.438. The summed E-state index contributed by atoms with van der Waals surface area (Å²) in [6.07, 6.45) is 2.02. The molecule has 4 rings (SSSR count). The van der Waals surface area contributed by atoms with Crippen molar-refractivity contribution in [2.75, 3.05) is 26.2 Å². The van der Waals surface area contributed by atoms with E-state index in [1.165, 1.54) is 5.56 Å². The van der Waals surface area contributed by atoms with E-state index < -0.39 is 10.0 Å². The van der Waals surface area contributed by atoms with Crippen molar-refractivity contribution in [3.05, 3.63) is 35.7 Å². The monoisotopic (exact) mass is 392 g/mol. The SMILES string of the molecule is Cc1nn(C)cc1CN1CCN(S(=O)(=O)c2cccc3nsnc23)CC1. The molecule has 0 spiro atoms. The second kappa shape index (κ2) is 6.69. The van der Waals surface area contributed by atoms with Gasteiger partial charge in [0.25, 0.3) is 0 Å². The molecule has 0 bridgehead atoms. The van der Waals surface area contributed by atoms with E-state index in [9.17, 15) is 8.42 Å². The first-order valence-electron chi connectivity index (χ1n) is 8.38. The highest BCUT2D eigenvalue weighted by Crippen LogP contribution is 2.25. The zero-order chi connectivity index (χ0) is 18.3. The number of benzene rings is 1. The third-order valence-electron chi connectivity index (χ3n) is 4.71. The molecule has 1 aliphatic rings. The molecule has 26 heavy (non-hydrogen) atoms. The summed E-state index contributed by atoms with van der Waals surface area (Å²) >= 11 is 1.04. The van der Waals surface area contributed by atoms with Crippen molar-refractivity contribution in [3.63, 3.8) is 0 Å². The number of hydrogen-bond acceptors (Lipinski definition) is 7. The third-order valence-corrected chi connectivity index (χ3v) is 7.18. The van der Waals surface area contributed by atoms with Crippen LogP contribution in [0.1, 0.15) is 11.3 Å². The predicted molar refractivity (Wildman–Crippen MR) is 99.4 cm³/mol. The number of piperazine rings is 1. The standard InChI is InChI=1S/C16H20N6O2S2/c1-12-13(10-20(2)17-12)11-21-6-8-22(9-7-21)26(23,24)15-5-3-4-14-16(15)19-25-18-14/h3-5,10H,6-9,11H2,1-2H3. The summed E-state index contributed by atoms with van der Waals surface area (Å²) < 4.78 is 37.8. The Bertz CT molecular complexity index is 1030. The zero-order valence-electron chi connectivity index (χ0n) is 14.7. The van der Waals surface area contributed by atoms with Crippen LogP contribution in [-0.4, -0.2) is 62.3 Å². The van der Waals surface area contributed by atoms with Crippen LogP contribution < -0.4 is 0 Å². The normalized spacial score (nSPS) is 17.2. The summed E-state index contributed by atoms with van der Waals surface area (Å²) in [4.78, 5) is 2.52. The van der Waals surface area contributed by atoms with Gasteiger partial charge in [-0.15, -0.1) is 0 Å². The first-order chi connectivity index (χ1) is 12.4. The number of fused-ring (bicyclic) bond motifs is 1. The van der Waals surface area contributed by atoms with E-state index in [0.29, 0.717) is 37.2 Å². The zero-order valence-corrected chi connectivity index (χ0v) is 16.3. The van der Waals surface area contributed by atoms with Crippen molar-refractivity contribution >= 4 is 32.8 Å². The molecule has 1 saturated heterocycles. The van der Waals surface area contributed by atoms with E-state index in [0.717, 1.165) is 24.0 Å². The molecule has 3 heterocycles. The van der Waals surface area contributed by atoms with Gasteiger partial charge in [0.1, 0.15) is 15.9 Å². The molecule has 0 amide bonds. The molecule has 0 N–H and O–H groups in total. The smallest absolute Gasteiger partial charge is 0.245 e. The van der Waals surface area contributed by atoms with Crippen molar-refractivity contribution in [1.29, 1.82) is 0 Å². The van der Waals surface area contributed by atoms with Gasteiger partial charge in [-0.05, 0) is 19.1 Å². The van der Waals surface area contributed by atoms with Gasteiger partial charge in [-0.25, -0.2) is 8.42 Å². The third kappa shape index (κ3) is 3.13. The first kappa shape index (κ1) is 17.5. The Morgan fingerprint density at radius 3 is 2.62 bits per heavy atom. The molecule has 8 nitrogen and oxygen atoms in total. The van der Waals surface area contributed by atoms with Crippen LogP contribution in [0.5, 0.6) is 0 Å². The maximum absolute atomic E-state index is 13.1. The number of sulfonamides is 1. The highest BCUT2D eigenvalue weighted by molar-refractivity contribution is 7.89. The lowest BCUT2D eigenvalue weighted by Crippen LogP contribution is -2.48. The number of nitrogens with zero attached hydrogens (tertiary/aromatic N) is 6. The van der Waals surface area contributed by atoms with Gasteiger partial charge in [-0.1, -0.05) is 6.07 Å². The molecule has 0 saturated carbocycles. The number of rotatable bonds is 4. The molecule has 1 fully saturated rings. The summed E-state index contributed by atoms with van der Waals surface area (Å²) in [5, 5.41) is 4.37. The maximum atomic E-state index is 13.1. The van der Waals surface area contributed by atoms with Gasteiger partial charge in [0.2, 0.25) is 10.0 Å². The van der Waals surface area contributed by atoms with Crippen molar-refractivity contribution < 1.29 is 8.42 Å². The van der Waals surface area contributed by atoms with E-state index in [2.05, 4.69) is 18.7 Å². The van der Waals surface area contributed by atoms with Gasteiger partial charge in [-0.2, -0.15) is 18.2 Å². The maximum Gasteiger partial charge on any atom is 0.245 e. The lowest BCUT2D eigenvalue weighted by atomic mass is 10.2. The van der Waals surface area contributed by atoms with E-state index >= 15 is 0 Å². The predicted octanol–water partition coefficient (Wildman–Crippen LogP) is 1.24. The molecule has 10 heteroatoms. The minimum absolute atomic E-state index is 0.250. The van der Waals surface area contributed by atoms with Crippen LogP contribution >= 0.6 is 11.7 Å². The van der Waals surface area contributed by atoms with Gasteiger partial charge in [0.05, 0.1) is 17.4 Å². The quantitative estimate of drug-likeness (QED) is 0.664. The second-order valence-corrected chi connectivity index (χ2v) is 8.92. The van der Waals surface area contributed by atoms with Gasteiger partial charge < -0.3 is 0 Å². The first-order valence-corrected chi connectivity index (χ1v) is 10.5. The average Bonchev–Trinajstić information content (AvgIpc) is 3.21. The molecule has 3 aromatic rings. The molecule has 0 aliphatic carbocycles. The van der Waals surface area contributed by atoms with E-state index in [-0.39, 0.29) is 4.90 Å². The Kier molecular flexibility index (Phi) is 4.51. The molecule has 0 radical (unpaired) electrons. The number of aromatic nitrogens is 4. The van der Waals surface area contributed by atoms with Crippen LogP contribution in [0.25, 0.3) is 11.0 Å². The minimum atomic E-state index is -3.56. The molecule has 1 aliphatic heterocycles. The van der Waals surface area contributed by atoms with Crippen LogP contribution in [0, 0.1) is 6.92 Å². The van der Waals surface area contributed by atoms with E-state index in [4.69, 9.17) is 0 Å². The Morgan fingerprint density at radius 2 is 1.92 bits per heavy atom. The lowest BCUT2D eigenvalue weighted by Gasteiger charge is -2.33. The van der Waals surface area contributed by atoms with E-state index in [1.54, 1.807) is 22.5 Å². The number of aryl methyl sites for hydroxylation is 2. The van der Waals surface area contributed by atoms with Gasteiger partial charge in [-0.3, -0.25) is 9.58 Å². The van der Waals surface area contributed by atoms with Crippen LogP contribution in [-0.2, 0) is 23.6 Å². The van der Waals surface area contributed by atoms with Crippen LogP contribution in [0.2, 0.25) is 0 Å². The molecule has 1 aromatic carbocycles. The number of hydrogen-bond donors (Lipinski definition) is 0. The Hall–Kier alpha value is -1.88. The van der Waals surface area contributed by atoms with Crippen molar-refractivity contribution in [2.45, 2.75) is 18.4 Å². The van der Waals surface area contributed by atoms with Crippen molar-refractivity contribution in [2.24, 2.45) is 7.05 Å². The summed E-state index contributed by atoms with van der Waals surface area (Å²) in [5.41, 5.74) is 3.29. The highest BCUT2D eigenvalue weighted by atomic mass is 32.2. The largest absolute Gasteiger partial charge is 0.296 e. The fourth-order valence-electron chi connectivity index (χ4n) is 3.30. The fourth-order valence-corrected chi connectivity index (χ4v) is 5.48. The van der Waals surface area contributed by atoms with Crippen molar-refractivity contribution in [1.82, 2.24) is 27.7 Å². The summed E-state index contributed by atoms with van der Waals surface area (Å²) in [5.74, 6) is 0. The molecular weight excluding hydrogens is 372 g/mol. The lowest BCUT2D eigenvalue weighted by molar-refractivity contribution is 0.181. The van der Waals surface area contributed by atoms with Crippen LogP contribution in [0.4, 0.5) is 0 Å². The van der Waals surface area contributed by atoms with Crippen LogP contribution in [0.15, 0.2) is 29.3 Å². The molecule has 2 aromatic heterocycles. The Morgan fingerprint density at radius 1 is 1.15 bits per heavy atom.